The molecule has 0 unspecified atom stereocenters. The van der Waals surface area contributed by atoms with Crippen LogP contribution in [0.15, 0.2) is 28.4 Å². The molecule has 0 radical (unpaired) electrons. The normalized spacial score (nSPS) is 16.6. The first-order valence-corrected chi connectivity index (χ1v) is 5.73. The minimum Gasteiger partial charge on any atom is -0.263 e. The lowest BCUT2D eigenvalue weighted by Gasteiger charge is -2.10. The predicted octanol–water partition coefficient (Wildman–Crippen LogP) is 3.51. The Labute approximate surface area is 87.8 Å². The molecular formula is C10H14IN. The first-order valence-electron chi connectivity index (χ1n) is 4.20. The minimum atomic E-state index is 1.07. The van der Waals surface area contributed by atoms with Gasteiger partial charge in [-0.15, -0.1) is 0 Å². The molecule has 0 aliphatic heterocycles. The summed E-state index contributed by atoms with van der Waals surface area (Å²) in [5.74, 6) is 0. The van der Waals surface area contributed by atoms with Crippen LogP contribution in [0.3, 0.4) is 0 Å². The number of hydrogen-bond acceptors (Lipinski definition) is 1. The Morgan fingerprint density at radius 1 is 1.58 bits per heavy atom. The summed E-state index contributed by atoms with van der Waals surface area (Å²) in [4.78, 5) is 4.53. The van der Waals surface area contributed by atoms with Crippen LogP contribution in [-0.4, -0.2) is 10.1 Å². The summed E-state index contributed by atoms with van der Waals surface area (Å²) in [7, 11) is 0. The van der Waals surface area contributed by atoms with Gasteiger partial charge in [0.1, 0.15) is 0 Å². The average Bonchev–Trinajstić information content (AvgIpc) is 2.04. The molecule has 66 valence electrons. The molecule has 1 rings (SSSR count). The van der Waals surface area contributed by atoms with E-state index in [1.54, 1.807) is 0 Å². The quantitative estimate of drug-likeness (QED) is 0.415. The molecular weight excluding hydrogens is 261 g/mol. The topological polar surface area (TPSA) is 12.4 Å². The Morgan fingerprint density at radius 2 is 2.33 bits per heavy atom. The van der Waals surface area contributed by atoms with Crippen LogP contribution >= 0.6 is 22.6 Å². The molecule has 0 saturated heterocycles. The number of rotatable bonds is 2. The first kappa shape index (κ1) is 9.96. The van der Waals surface area contributed by atoms with Crippen molar-refractivity contribution in [1.82, 2.24) is 0 Å². The number of hydrogen-bond donors (Lipinski definition) is 0. The molecule has 1 aliphatic rings. The molecule has 1 aliphatic carbocycles. The van der Waals surface area contributed by atoms with E-state index in [2.05, 4.69) is 53.6 Å². The van der Waals surface area contributed by atoms with Crippen LogP contribution in [0.25, 0.3) is 0 Å². The average molecular weight is 275 g/mol. The highest BCUT2D eigenvalue weighted by Gasteiger charge is 2.05. The van der Waals surface area contributed by atoms with Crippen LogP contribution < -0.4 is 0 Å². The zero-order valence-electron chi connectivity index (χ0n) is 7.60. The summed E-state index contributed by atoms with van der Waals surface area (Å²) in [5, 5.41) is 0. The van der Waals surface area contributed by atoms with Gasteiger partial charge >= 0.3 is 0 Å². The molecule has 1 nitrogen and oxygen atoms in total. The van der Waals surface area contributed by atoms with Crippen LogP contribution in [0.2, 0.25) is 0 Å². The van der Waals surface area contributed by atoms with Gasteiger partial charge in [0.05, 0.1) is 0 Å². The van der Waals surface area contributed by atoms with Gasteiger partial charge in [-0.05, 0) is 32.3 Å². The highest BCUT2D eigenvalue weighted by molar-refractivity contribution is 14.1. The molecule has 0 heterocycles. The third kappa shape index (κ3) is 2.73. The van der Waals surface area contributed by atoms with Gasteiger partial charge in [-0.25, -0.2) is 0 Å². The van der Waals surface area contributed by atoms with Crippen molar-refractivity contribution in [3.63, 3.8) is 0 Å². The third-order valence-corrected chi connectivity index (χ3v) is 2.56. The number of alkyl halides is 1. The van der Waals surface area contributed by atoms with Crippen molar-refractivity contribution in [1.29, 1.82) is 0 Å². The van der Waals surface area contributed by atoms with Crippen molar-refractivity contribution in [2.75, 3.05) is 4.43 Å². The van der Waals surface area contributed by atoms with E-state index >= 15 is 0 Å². The van der Waals surface area contributed by atoms with Crippen molar-refractivity contribution < 1.29 is 0 Å². The first-order chi connectivity index (χ1) is 5.74. The number of aliphatic imine (C=N–C) groups is 1. The molecule has 0 fully saturated rings. The number of nitrogens with zero attached hydrogens (tertiary/aromatic N) is 1. The van der Waals surface area contributed by atoms with Crippen molar-refractivity contribution in [3.05, 3.63) is 23.4 Å². The Hall–Kier alpha value is -0.120. The van der Waals surface area contributed by atoms with E-state index in [0.29, 0.717) is 0 Å². The molecule has 0 spiro atoms. The highest BCUT2D eigenvalue weighted by atomic mass is 127. The van der Waals surface area contributed by atoms with E-state index in [-0.39, 0.29) is 0 Å². The van der Waals surface area contributed by atoms with Gasteiger partial charge in [0.25, 0.3) is 0 Å². The summed E-state index contributed by atoms with van der Waals surface area (Å²) < 4.78 is 1.07. The summed E-state index contributed by atoms with van der Waals surface area (Å²) in [6.45, 7) is 4.10. The largest absolute Gasteiger partial charge is 0.263 e. The zero-order valence-corrected chi connectivity index (χ0v) is 9.76. The Bertz CT molecular complexity index is 245. The second kappa shape index (κ2) is 4.80. The third-order valence-electron chi connectivity index (χ3n) is 1.74. The molecule has 2 heteroatoms. The molecule has 12 heavy (non-hydrogen) atoms. The second-order valence-corrected chi connectivity index (χ2v) is 3.87. The molecule has 0 aromatic carbocycles. The van der Waals surface area contributed by atoms with E-state index in [1.807, 2.05) is 0 Å². The van der Waals surface area contributed by atoms with Crippen LogP contribution in [0.5, 0.6) is 0 Å². The standard InChI is InChI=1S/C10H14IN/c1-8(2)12-10-6-4-3-5-9(10)7-11/h3,5H,4,6-7H2,1-2H3. The molecule has 0 saturated carbocycles. The van der Waals surface area contributed by atoms with E-state index in [0.717, 1.165) is 23.0 Å². The van der Waals surface area contributed by atoms with Crippen LogP contribution in [0, 0.1) is 0 Å². The SMILES string of the molecule is CC(C)=NC1=C(CI)C=CCC1. The summed E-state index contributed by atoms with van der Waals surface area (Å²) >= 11 is 2.39. The number of halogens is 1. The van der Waals surface area contributed by atoms with Crippen LogP contribution in [0.4, 0.5) is 0 Å². The van der Waals surface area contributed by atoms with Crippen molar-refractivity contribution >= 4 is 28.3 Å². The summed E-state index contributed by atoms with van der Waals surface area (Å²) in [6.07, 6.45) is 6.70. The highest BCUT2D eigenvalue weighted by Crippen LogP contribution is 2.21. The molecule has 0 atom stereocenters. The van der Waals surface area contributed by atoms with E-state index in [9.17, 15) is 0 Å². The maximum Gasteiger partial charge on any atom is 0.0445 e. The van der Waals surface area contributed by atoms with E-state index in [4.69, 9.17) is 0 Å². The monoisotopic (exact) mass is 275 g/mol. The predicted molar refractivity (Wildman–Crippen MR) is 63.1 cm³/mol. The fourth-order valence-electron chi connectivity index (χ4n) is 1.22. The van der Waals surface area contributed by atoms with Gasteiger partial charge in [0.15, 0.2) is 0 Å². The minimum absolute atomic E-state index is 1.07. The van der Waals surface area contributed by atoms with Gasteiger partial charge in [-0.2, -0.15) is 0 Å². The van der Waals surface area contributed by atoms with E-state index in [1.165, 1.54) is 11.3 Å². The van der Waals surface area contributed by atoms with Gasteiger partial charge in [0, 0.05) is 15.8 Å². The number of allylic oxidation sites excluding steroid dienone is 4. The molecule has 0 amide bonds. The second-order valence-electron chi connectivity index (χ2n) is 3.11. The van der Waals surface area contributed by atoms with Gasteiger partial charge in [0.2, 0.25) is 0 Å². The van der Waals surface area contributed by atoms with Crippen LogP contribution in [-0.2, 0) is 0 Å². The molecule has 0 bridgehead atoms. The van der Waals surface area contributed by atoms with E-state index < -0.39 is 0 Å². The van der Waals surface area contributed by atoms with Gasteiger partial charge in [-0.3, -0.25) is 4.99 Å². The summed E-state index contributed by atoms with van der Waals surface area (Å²) in [6, 6.07) is 0. The Kier molecular flexibility index (Phi) is 3.98. The Balaban J connectivity index is 2.89. The maximum atomic E-state index is 4.53. The molecule has 0 N–H and O–H groups in total. The van der Waals surface area contributed by atoms with Crippen molar-refractivity contribution in [2.45, 2.75) is 26.7 Å². The Morgan fingerprint density at radius 3 is 2.92 bits per heavy atom. The van der Waals surface area contributed by atoms with Crippen molar-refractivity contribution in [2.24, 2.45) is 4.99 Å². The lowest BCUT2D eigenvalue weighted by Crippen LogP contribution is -1.96. The fraction of sp³-hybridized carbons (Fsp3) is 0.500. The lowest BCUT2D eigenvalue weighted by molar-refractivity contribution is 0.924. The lowest BCUT2D eigenvalue weighted by atomic mass is 10.1. The fourth-order valence-corrected chi connectivity index (χ4v) is 1.92. The zero-order chi connectivity index (χ0) is 8.97. The van der Waals surface area contributed by atoms with Gasteiger partial charge in [-0.1, -0.05) is 34.7 Å². The maximum absolute atomic E-state index is 4.53. The smallest absolute Gasteiger partial charge is 0.0445 e. The molecule has 0 aromatic heterocycles. The van der Waals surface area contributed by atoms with Gasteiger partial charge < -0.3 is 0 Å². The van der Waals surface area contributed by atoms with Crippen molar-refractivity contribution in [3.8, 4) is 0 Å². The molecule has 0 aromatic rings. The summed E-state index contributed by atoms with van der Waals surface area (Å²) in [5.41, 5.74) is 3.83. The van der Waals surface area contributed by atoms with Crippen LogP contribution in [0.1, 0.15) is 26.7 Å².